The Morgan fingerprint density at radius 3 is 2.21 bits per heavy atom. The average molecular weight is 715 g/mol. The Morgan fingerprint density at radius 2 is 1.60 bits per heavy atom. The maximum absolute atomic E-state index is 13.1. The number of anilines is 1. The van der Waals surface area contributed by atoms with Crippen LogP contribution >= 0.6 is 34.8 Å². The van der Waals surface area contributed by atoms with Crippen molar-refractivity contribution in [3.05, 3.63) is 88.2 Å². The largest absolute Gasteiger partial charge is 0.451 e. The molecule has 48 heavy (non-hydrogen) atoms. The van der Waals surface area contributed by atoms with E-state index < -0.39 is 22.4 Å². The third-order valence-electron chi connectivity index (χ3n) is 11.6. The lowest BCUT2D eigenvalue weighted by atomic mass is 9.49. The Morgan fingerprint density at radius 1 is 0.958 bits per heavy atom. The van der Waals surface area contributed by atoms with Crippen molar-refractivity contribution in [1.29, 1.82) is 0 Å². The minimum Gasteiger partial charge on any atom is -0.451 e. The van der Waals surface area contributed by atoms with Gasteiger partial charge in [0.05, 0.1) is 0 Å². The van der Waals surface area contributed by atoms with E-state index in [1.165, 1.54) is 13.8 Å². The van der Waals surface area contributed by atoms with Crippen LogP contribution in [0.2, 0.25) is 0 Å². The molecule has 0 aromatic heterocycles. The number of esters is 2. The molecule has 0 aliphatic heterocycles. The fourth-order valence-electron chi connectivity index (χ4n) is 8.96. The summed E-state index contributed by atoms with van der Waals surface area (Å²) in [5.74, 6) is 0.630. The van der Waals surface area contributed by atoms with Gasteiger partial charge in [-0.1, -0.05) is 56.3 Å². The van der Waals surface area contributed by atoms with E-state index in [1.807, 2.05) is 12.2 Å². The van der Waals surface area contributed by atoms with Crippen molar-refractivity contribution in [1.82, 2.24) is 0 Å². The number of aryl methyl sites for hydroxylation is 1. The number of carbonyl (C=O) groups excluding carboxylic acids is 3. The van der Waals surface area contributed by atoms with Gasteiger partial charge in [-0.15, -0.1) is 23.2 Å². The fourth-order valence-corrected chi connectivity index (χ4v) is 9.75. The molecular weight excluding hydrogens is 669 g/mol. The second-order valence-electron chi connectivity index (χ2n) is 14.0. The van der Waals surface area contributed by atoms with Crippen molar-refractivity contribution >= 4 is 58.2 Å². The number of hydrogen-bond donors (Lipinski definition) is 0. The molecule has 0 radical (unpaired) electrons. The molecule has 0 amide bonds. The first-order valence-corrected chi connectivity index (χ1v) is 18.3. The normalized spacial score (nSPS) is 29.3. The summed E-state index contributed by atoms with van der Waals surface area (Å²) in [5, 5.41) is 0.558. The molecule has 2 saturated carbocycles. The minimum atomic E-state index is -1.15. The monoisotopic (exact) mass is 713 g/mol. The molecule has 5 atom stereocenters. The summed E-state index contributed by atoms with van der Waals surface area (Å²) >= 11 is 19.0. The Balaban J connectivity index is 1.31. The second kappa shape index (κ2) is 14.2. The number of halogens is 3. The summed E-state index contributed by atoms with van der Waals surface area (Å²) in [6.45, 7) is 17.4. The van der Waals surface area contributed by atoms with E-state index >= 15 is 0 Å². The first-order valence-electron chi connectivity index (χ1n) is 16.8. The quantitative estimate of drug-likeness (QED) is 0.159. The molecule has 0 N–H and O–H groups in total. The molecule has 0 spiro atoms. The maximum atomic E-state index is 13.1. The van der Waals surface area contributed by atoms with Gasteiger partial charge in [0.1, 0.15) is 5.76 Å². The lowest BCUT2D eigenvalue weighted by Gasteiger charge is -2.56. The van der Waals surface area contributed by atoms with E-state index in [0.29, 0.717) is 47.4 Å². The molecule has 0 saturated heterocycles. The van der Waals surface area contributed by atoms with E-state index in [2.05, 4.69) is 56.2 Å². The Bertz CT molecular complexity index is 1600. The van der Waals surface area contributed by atoms with E-state index in [0.717, 1.165) is 60.3 Å². The van der Waals surface area contributed by atoms with Crippen LogP contribution in [0.4, 0.5) is 5.69 Å². The zero-order valence-electron chi connectivity index (χ0n) is 28.4. The van der Waals surface area contributed by atoms with Crippen LogP contribution in [0.3, 0.4) is 0 Å². The van der Waals surface area contributed by atoms with Gasteiger partial charge in [-0.3, -0.25) is 14.4 Å². The molecule has 0 unspecified atom stereocenters. The Hall–Kier alpha value is -2.80. The third-order valence-corrected chi connectivity index (χ3v) is 12.2. The van der Waals surface area contributed by atoms with Crippen LogP contribution in [-0.4, -0.2) is 48.2 Å². The summed E-state index contributed by atoms with van der Waals surface area (Å²) in [6.07, 6.45) is 8.18. The topological polar surface area (TPSA) is 72.9 Å². The number of allylic oxidation sites excluding steroid dienone is 6. The number of nitrogens with zero attached hydrogens (tertiary/aromatic N) is 1. The fraction of sp³-hybridized carbons (Fsp3) is 0.513. The summed E-state index contributed by atoms with van der Waals surface area (Å²) < 4.78 is 11.8. The van der Waals surface area contributed by atoms with Gasteiger partial charge in [-0.25, -0.2) is 0 Å². The highest BCUT2D eigenvalue weighted by molar-refractivity contribution is 6.32. The highest BCUT2D eigenvalue weighted by Crippen LogP contribution is 2.68. The predicted octanol–water partition coefficient (Wildman–Crippen LogP) is 9.00. The zero-order valence-corrected chi connectivity index (χ0v) is 30.7. The average Bonchev–Trinajstić information content (AvgIpc) is 3.34. The van der Waals surface area contributed by atoms with Gasteiger partial charge in [0.15, 0.2) is 11.4 Å². The van der Waals surface area contributed by atoms with Crippen molar-refractivity contribution < 1.29 is 23.9 Å². The van der Waals surface area contributed by atoms with Crippen LogP contribution in [0.1, 0.15) is 71.8 Å². The van der Waals surface area contributed by atoms with E-state index in [-0.39, 0.29) is 30.0 Å². The van der Waals surface area contributed by atoms with Crippen molar-refractivity contribution in [3.63, 3.8) is 0 Å². The highest BCUT2D eigenvalue weighted by Gasteiger charge is 2.67. The van der Waals surface area contributed by atoms with Crippen molar-refractivity contribution in [2.75, 3.05) is 29.7 Å². The van der Waals surface area contributed by atoms with Crippen LogP contribution in [-0.2, 0) is 30.3 Å². The van der Waals surface area contributed by atoms with Crippen LogP contribution in [0.25, 0.3) is 0 Å². The number of hydrogen-bond acceptors (Lipinski definition) is 6. The third kappa shape index (κ3) is 6.22. The van der Waals surface area contributed by atoms with Gasteiger partial charge >= 0.3 is 11.9 Å². The van der Waals surface area contributed by atoms with E-state index in [1.54, 1.807) is 0 Å². The summed E-state index contributed by atoms with van der Waals surface area (Å²) in [5.41, 5.74) is 3.33. The standard InChI is InChI=1S/C39H46Cl3NO5/c1-24-25(2)38(6)32-14-16-37(5)31(15-17-39(37,26(3)44)48-27(4)45)30(32)22-34(42)33(38)23-35(24)47-36(46)9-7-8-28-10-12-29(13-11-28)43(20-18-40)21-19-41/h10-13,22-23,31-32H,1-2,7-9,14-21H2,3-6H3/t31-,32-,37-,38+,39-/m0/s1. The van der Waals surface area contributed by atoms with Gasteiger partial charge < -0.3 is 14.4 Å². The van der Waals surface area contributed by atoms with Gasteiger partial charge in [0, 0.05) is 65.3 Å². The zero-order chi connectivity index (χ0) is 35.0. The molecule has 2 fully saturated rings. The molecule has 6 nitrogen and oxygen atoms in total. The number of benzene rings is 1. The van der Waals surface area contributed by atoms with Crippen LogP contribution in [0.15, 0.2) is 82.7 Å². The van der Waals surface area contributed by atoms with Crippen molar-refractivity contribution in [3.8, 4) is 0 Å². The molecule has 5 rings (SSSR count). The van der Waals surface area contributed by atoms with Crippen molar-refractivity contribution in [2.45, 2.75) is 78.2 Å². The van der Waals surface area contributed by atoms with E-state index in [9.17, 15) is 14.4 Å². The SMILES string of the molecule is C=C1C(=C)[C@@]2(C)C(=C(Cl)C=C3[C@@H]2CC[C@@]2(C)[C@H]3CC[C@]2(OC(C)=O)C(C)=O)C=C1OC(=O)CCCc1ccc(N(CCCl)CCCl)cc1. The molecule has 1 aromatic carbocycles. The molecular formula is C39H46Cl3NO5. The number of ketones is 1. The molecule has 9 heteroatoms. The first-order chi connectivity index (χ1) is 22.7. The lowest BCUT2D eigenvalue weighted by Crippen LogP contribution is -2.56. The van der Waals surface area contributed by atoms with E-state index in [4.69, 9.17) is 44.3 Å². The summed E-state index contributed by atoms with van der Waals surface area (Å²) in [7, 11) is 0. The van der Waals surface area contributed by atoms with Gasteiger partial charge in [0.25, 0.3) is 0 Å². The van der Waals surface area contributed by atoms with Gasteiger partial charge in [0.2, 0.25) is 0 Å². The predicted molar refractivity (Wildman–Crippen MR) is 193 cm³/mol. The number of alkyl halides is 2. The summed E-state index contributed by atoms with van der Waals surface area (Å²) in [4.78, 5) is 40.5. The number of rotatable bonds is 12. The van der Waals surface area contributed by atoms with Crippen LogP contribution in [0.5, 0.6) is 0 Å². The molecule has 4 aliphatic carbocycles. The van der Waals surface area contributed by atoms with Crippen LogP contribution in [0, 0.1) is 22.7 Å². The number of ether oxygens (including phenoxy) is 2. The van der Waals surface area contributed by atoms with Gasteiger partial charge in [-0.2, -0.15) is 0 Å². The van der Waals surface area contributed by atoms with Gasteiger partial charge in [-0.05, 0) is 98.3 Å². The minimum absolute atomic E-state index is 0.0160. The molecule has 4 aliphatic rings. The number of fused-ring (bicyclic) bond motifs is 5. The molecule has 258 valence electrons. The first kappa shape index (κ1) is 36.5. The summed E-state index contributed by atoms with van der Waals surface area (Å²) in [6, 6.07) is 8.27. The Labute approximate surface area is 299 Å². The Kier molecular flexibility index (Phi) is 10.8. The molecule has 1 aromatic rings. The lowest BCUT2D eigenvalue weighted by molar-refractivity contribution is -0.180. The van der Waals surface area contributed by atoms with Crippen LogP contribution < -0.4 is 4.90 Å². The number of carbonyl (C=O) groups is 3. The van der Waals surface area contributed by atoms with Crippen molar-refractivity contribution in [2.24, 2.45) is 22.7 Å². The second-order valence-corrected chi connectivity index (χ2v) is 15.2. The molecule has 0 heterocycles. The maximum Gasteiger partial charge on any atom is 0.311 e. The highest BCUT2D eigenvalue weighted by atomic mass is 35.5. The molecule has 0 bridgehead atoms. The smallest absolute Gasteiger partial charge is 0.311 e. The number of Topliss-reactive ketones (excluding diaryl/α,β-unsaturated/α-hetero) is 1.